The lowest BCUT2D eigenvalue weighted by Gasteiger charge is -2.31. The summed E-state index contributed by atoms with van der Waals surface area (Å²) in [6.07, 6.45) is 3.71. The Morgan fingerprint density at radius 1 is 1.19 bits per heavy atom. The van der Waals surface area contributed by atoms with Crippen LogP contribution in [0.3, 0.4) is 0 Å². The highest BCUT2D eigenvalue weighted by molar-refractivity contribution is 7.91. The summed E-state index contributed by atoms with van der Waals surface area (Å²) in [5, 5.41) is 2.89. The molecule has 1 amide bonds. The quantitative estimate of drug-likeness (QED) is 0.758. The zero-order valence-electron chi connectivity index (χ0n) is 18.2. The fourth-order valence-electron chi connectivity index (χ4n) is 4.08. The van der Waals surface area contributed by atoms with Gasteiger partial charge in [-0.15, -0.1) is 0 Å². The minimum atomic E-state index is -3.02. The molecule has 8 heteroatoms. The predicted octanol–water partition coefficient (Wildman–Crippen LogP) is 4.37. The zero-order chi connectivity index (χ0) is 22.2. The number of benzene rings is 1. The van der Waals surface area contributed by atoms with Crippen LogP contribution in [0.25, 0.3) is 0 Å². The lowest BCUT2D eigenvalue weighted by atomic mass is 10.0. The van der Waals surface area contributed by atoms with Crippen LogP contribution >= 0.6 is 0 Å². The van der Waals surface area contributed by atoms with Crippen molar-refractivity contribution in [3.63, 3.8) is 0 Å². The fourth-order valence-corrected chi connectivity index (χ4v) is 6.03. The molecule has 7 nitrogen and oxygen atoms in total. The van der Waals surface area contributed by atoms with E-state index in [1.165, 1.54) is 0 Å². The number of hydrogen-bond acceptors (Lipinski definition) is 6. The minimum absolute atomic E-state index is 0.275. The van der Waals surface area contributed by atoms with Crippen LogP contribution in [0.4, 0.5) is 16.3 Å². The molecule has 1 N–H and O–H groups in total. The Morgan fingerprint density at radius 3 is 2.58 bits per heavy atom. The Hall–Kier alpha value is -2.61. The van der Waals surface area contributed by atoms with Crippen LogP contribution in [0.1, 0.15) is 55.6 Å². The van der Waals surface area contributed by atoms with Crippen molar-refractivity contribution in [3.8, 4) is 0 Å². The highest BCUT2D eigenvalue weighted by Crippen LogP contribution is 2.35. The number of carbonyl (C=O) groups excluding carboxylic acids is 1. The van der Waals surface area contributed by atoms with Crippen molar-refractivity contribution in [3.05, 3.63) is 53.2 Å². The second-order valence-corrected chi connectivity index (χ2v) is 11.5. The third-order valence-corrected chi connectivity index (χ3v) is 7.86. The maximum absolute atomic E-state index is 12.4. The molecule has 3 heterocycles. The first-order chi connectivity index (χ1) is 14.6. The SMILES string of the molecule is CC(C)(C)OC(=O)N1CCc2cnc(Nc3ccc(C4CCCS4(=O)=O)cc3)cc2C1. The van der Waals surface area contributed by atoms with Crippen LogP contribution in [-0.4, -0.2) is 42.3 Å². The van der Waals surface area contributed by atoms with Crippen LogP contribution in [-0.2, 0) is 27.5 Å². The first-order valence-electron chi connectivity index (χ1n) is 10.6. The van der Waals surface area contributed by atoms with E-state index in [4.69, 9.17) is 4.74 Å². The van der Waals surface area contributed by atoms with Gasteiger partial charge in [0.1, 0.15) is 11.4 Å². The number of pyridine rings is 1. The van der Waals surface area contributed by atoms with Gasteiger partial charge in [0.2, 0.25) is 0 Å². The van der Waals surface area contributed by atoms with Crippen molar-refractivity contribution < 1.29 is 17.9 Å². The van der Waals surface area contributed by atoms with E-state index in [1.807, 2.05) is 57.3 Å². The van der Waals surface area contributed by atoms with Crippen LogP contribution in [0.5, 0.6) is 0 Å². The molecular formula is C23H29N3O4S. The Bertz CT molecular complexity index is 1070. The molecule has 1 aromatic heterocycles. The van der Waals surface area contributed by atoms with Gasteiger partial charge in [-0.2, -0.15) is 0 Å². The van der Waals surface area contributed by atoms with Gasteiger partial charge in [0.15, 0.2) is 9.84 Å². The molecule has 2 aromatic rings. The molecule has 0 bridgehead atoms. The van der Waals surface area contributed by atoms with E-state index in [0.29, 0.717) is 25.3 Å². The Labute approximate surface area is 183 Å². The second-order valence-electron chi connectivity index (χ2n) is 9.24. The highest BCUT2D eigenvalue weighted by Gasteiger charge is 2.32. The number of ether oxygens (including phenoxy) is 1. The summed E-state index contributed by atoms with van der Waals surface area (Å²) >= 11 is 0. The van der Waals surface area contributed by atoms with Crippen LogP contribution < -0.4 is 5.32 Å². The van der Waals surface area contributed by atoms with Gasteiger partial charge in [-0.3, -0.25) is 0 Å². The minimum Gasteiger partial charge on any atom is -0.444 e. The summed E-state index contributed by atoms with van der Waals surface area (Å²) < 4.78 is 29.8. The van der Waals surface area contributed by atoms with Gasteiger partial charge in [-0.25, -0.2) is 18.2 Å². The number of aromatic nitrogens is 1. The lowest BCUT2D eigenvalue weighted by molar-refractivity contribution is 0.0224. The normalized spacial score (nSPS) is 20.2. The number of nitrogens with zero attached hydrogens (tertiary/aromatic N) is 2. The number of rotatable bonds is 3. The van der Waals surface area contributed by atoms with E-state index in [1.54, 1.807) is 4.90 Å². The fraction of sp³-hybridized carbons (Fsp3) is 0.478. The molecule has 0 spiro atoms. The molecule has 1 saturated heterocycles. The third-order valence-electron chi connectivity index (χ3n) is 5.63. The number of sulfone groups is 1. The topological polar surface area (TPSA) is 88.6 Å². The summed E-state index contributed by atoms with van der Waals surface area (Å²) in [5.74, 6) is 0.961. The molecule has 1 unspecified atom stereocenters. The van der Waals surface area contributed by atoms with E-state index in [9.17, 15) is 13.2 Å². The molecule has 2 aliphatic rings. The summed E-state index contributed by atoms with van der Waals surface area (Å²) in [6, 6.07) is 9.48. The average Bonchev–Trinajstić information content (AvgIpc) is 3.06. The average molecular weight is 444 g/mol. The largest absolute Gasteiger partial charge is 0.444 e. The summed E-state index contributed by atoms with van der Waals surface area (Å²) in [5.41, 5.74) is 3.34. The molecule has 2 aliphatic heterocycles. The number of hydrogen-bond donors (Lipinski definition) is 1. The lowest BCUT2D eigenvalue weighted by Crippen LogP contribution is -2.39. The van der Waals surface area contributed by atoms with Gasteiger partial charge in [-0.1, -0.05) is 12.1 Å². The summed E-state index contributed by atoms with van der Waals surface area (Å²) in [7, 11) is -3.02. The molecular weight excluding hydrogens is 414 g/mol. The molecule has 0 radical (unpaired) electrons. The Balaban J connectivity index is 1.45. The number of carbonyl (C=O) groups is 1. The smallest absolute Gasteiger partial charge is 0.410 e. The van der Waals surface area contributed by atoms with Crippen molar-refractivity contribution in [2.75, 3.05) is 17.6 Å². The monoisotopic (exact) mass is 443 g/mol. The first kappa shape index (κ1) is 21.6. The van der Waals surface area contributed by atoms with Crippen LogP contribution in [0, 0.1) is 0 Å². The number of fused-ring (bicyclic) bond motifs is 1. The predicted molar refractivity (Wildman–Crippen MR) is 120 cm³/mol. The van der Waals surface area contributed by atoms with E-state index in [-0.39, 0.29) is 17.1 Å². The summed E-state index contributed by atoms with van der Waals surface area (Å²) in [4.78, 5) is 18.6. The first-order valence-corrected chi connectivity index (χ1v) is 12.4. The molecule has 0 saturated carbocycles. The van der Waals surface area contributed by atoms with Crippen molar-refractivity contribution in [1.29, 1.82) is 0 Å². The van der Waals surface area contributed by atoms with Crippen molar-refractivity contribution in [1.82, 2.24) is 9.88 Å². The summed E-state index contributed by atoms with van der Waals surface area (Å²) in [6.45, 7) is 6.69. The maximum Gasteiger partial charge on any atom is 0.410 e. The highest BCUT2D eigenvalue weighted by atomic mass is 32.2. The number of nitrogens with one attached hydrogen (secondary N) is 1. The van der Waals surface area contributed by atoms with Gasteiger partial charge < -0.3 is 15.0 Å². The van der Waals surface area contributed by atoms with E-state index >= 15 is 0 Å². The van der Waals surface area contributed by atoms with Crippen LogP contribution in [0.2, 0.25) is 0 Å². The number of anilines is 2. The van der Waals surface area contributed by atoms with E-state index < -0.39 is 15.4 Å². The zero-order valence-corrected chi connectivity index (χ0v) is 19.0. The van der Waals surface area contributed by atoms with E-state index in [2.05, 4.69) is 10.3 Å². The number of amides is 1. The third kappa shape index (κ3) is 5.01. The van der Waals surface area contributed by atoms with Crippen molar-refractivity contribution in [2.24, 2.45) is 0 Å². The van der Waals surface area contributed by atoms with Gasteiger partial charge in [0, 0.05) is 25.0 Å². The van der Waals surface area contributed by atoms with Gasteiger partial charge in [0.05, 0.1) is 11.0 Å². The molecule has 1 fully saturated rings. The standard InChI is InChI=1S/C23H29N3O4S/c1-23(2,3)30-22(27)26-11-10-17-14-24-21(13-18(17)15-26)25-19-8-6-16(7-9-19)20-5-4-12-31(20,28)29/h6-9,13-14,20H,4-5,10-12,15H2,1-3H3,(H,24,25). The van der Waals surface area contributed by atoms with Gasteiger partial charge in [-0.05, 0) is 74.9 Å². The maximum atomic E-state index is 12.4. The molecule has 1 atom stereocenters. The van der Waals surface area contributed by atoms with E-state index in [0.717, 1.165) is 35.2 Å². The van der Waals surface area contributed by atoms with Crippen molar-refractivity contribution in [2.45, 2.75) is 57.4 Å². The Kier molecular flexibility index (Phi) is 5.68. The van der Waals surface area contributed by atoms with Gasteiger partial charge >= 0.3 is 6.09 Å². The van der Waals surface area contributed by atoms with Crippen molar-refractivity contribution >= 4 is 27.4 Å². The second kappa shape index (κ2) is 8.15. The molecule has 4 rings (SSSR count). The molecule has 1 aromatic carbocycles. The molecule has 0 aliphatic carbocycles. The Morgan fingerprint density at radius 2 is 1.94 bits per heavy atom. The molecule has 166 valence electrons. The van der Waals surface area contributed by atoms with Crippen LogP contribution in [0.15, 0.2) is 36.5 Å². The van der Waals surface area contributed by atoms with Gasteiger partial charge in [0.25, 0.3) is 0 Å². The molecule has 31 heavy (non-hydrogen) atoms.